The Morgan fingerprint density at radius 1 is 1.24 bits per heavy atom. The van der Waals surface area contributed by atoms with Crippen molar-refractivity contribution in [3.8, 4) is 11.3 Å². The van der Waals surface area contributed by atoms with Crippen LogP contribution in [0.1, 0.15) is 58.7 Å². The first-order chi connectivity index (χ1) is 18.1. The van der Waals surface area contributed by atoms with Crippen LogP contribution in [0.4, 0.5) is 10.3 Å². The molecule has 2 atom stereocenters. The number of ether oxygens (including phenoxy) is 1. The average Bonchev–Trinajstić information content (AvgIpc) is 2.87. The number of hydrogen-bond donors (Lipinski definition) is 2. The van der Waals surface area contributed by atoms with Crippen molar-refractivity contribution in [1.29, 1.82) is 0 Å². The number of fused-ring (bicyclic) bond motifs is 1. The largest absolute Gasteiger partial charge is 0.389 e. The Bertz CT molecular complexity index is 1360. The standard InChI is InChI=1S/C29H38FN5O3/c1-18(2)35-20(16-34-10-8-29(3,4)9-11-34)14-25(36)21-6-5-19(13-24(21)35)27-22(30)15-31-28(33-27)32-23-7-12-38-17-26(23)37/h5-6,13-15,18,23,26,37H,7-12,16-17H2,1-4H3,(H,31,32,33)/t23-,26-/m1/s1. The molecule has 0 bridgehead atoms. The maximum absolute atomic E-state index is 15.0. The molecule has 8 nitrogen and oxygen atoms in total. The lowest BCUT2D eigenvalue weighted by Gasteiger charge is -2.37. The molecule has 0 aliphatic carbocycles. The van der Waals surface area contributed by atoms with Gasteiger partial charge in [-0.1, -0.05) is 19.9 Å². The van der Waals surface area contributed by atoms with Gasteiger partial charge < -0.3 is 19.7 Å². The predicted octanol–water partition coefficient (Wildman–Crippen LogP) is 4.36. The number of benzene rings is 1. The van der Waals surface area contributed by atoms with Crippen molar-refractivity contribution in [3.63, 3.8) is 0 Å². The summed E-state index contributed by atoms with van der Waals surface area (Å²) >= 11 is 0. The highest BCUT2D eigenvalue weighted by molar-refractivity contribution is 5.84. The Morgan fingerprint density at radius 3 is 2.71 bits per heavy atom. The number of anilines is 1. The quantitative estimate of drug-likeness (QED) is 0.496. The van der Waals surface area contributed by atoms with Crippen LogP contribution in [0.25, 0.3) is 22.2 Å². The van der Waals surface area contributed by atoms with Gasteiger partial charge in [0.1, 0.15) is 5.69 Å². The number of pyridine rings is 1. The molecule has 0 saturated carbocycles. The zero-order valence-corrected chi connectivity index (χ0v) is 22.7. The summed E-state index contributed by atoms with van der Waals surface area (Å²) in [6, 6.07) is 6.95. The van der Waals surface area contributed by atoms with Crippen molar-refractivity contribution in [2.75, 3.05) is 31.6 Å². The Kier molecular flexibility index (Phi) is 7.53. The lowest BCUT2D eigenvalue weighted by molar-refractivity contribution is -0.0136. The maximum atomic E-state index is 15.0. The van der Waals surface area contributed by atoms with Crippen molar-refractivity contribution < 1.29 is 14.2 Å². The minimum atomic E-state index is -0.689. The van der Waals surface area contributed by atoms with Gasteiger partial charge in [0, 0.05) is 41.9 Å². The molecule has 0 spiro atoms. The Balaban J connectivity index is 1.51. The first kappa shape index (κ1) is 26.7. The fourth-order valence-electron chi connectivity index (χ4n) is 5.51. The molecule has 2 saturated heterocycles. The predicted molar refractivity (Wildman–Crippen MR) is 147 cm³/mol. The maximum Gasteiger partial charge on any atom is 0.223 e. The summed E-state index contributed by atoms with van der Waals surface area (Å²) in [7, 11) is 0. The van der Waals surface area contributed by atoms with E-state index in [0.29, 0.717) is 35.9 Å². The molecule has 1 aromatic carbocycles. The molecule has 2 aliphatic rings. The topological polar surface area (TPSA) is 92.5 Å². The number of halogens is 1. The number of hydrogen-bond acceptors (Lipinski definition) is 7. The van der Waals surface area contributed by atoms with E-state index in [-0.39, 0.29) is 35.8 Å². The Morgan fingerprint density at radius 2 is 2.00 bits per heavy atom. The minimum Gasteiger partial charge on any atom is -0.389 e. The summed E-state index contributed by atoms with van der Waals surface area (Å²) in [4.78, 5) is 24.1. The van der Waals surface area contributed by atoms with E-state index in [4.69, 9.17) is 4.74 Å². The van der Waals surface area contributed by atoms with Crippen LogP contribution in [0.5, 0.6) is 0 Å². The second kappa shape index (κ2) is 10.7. The average molecular weight is 524 g/mol. The van der Waals surface area contributed by atoms with Gasteiger partial charge in [-0.3, -0.25) is 9.69 Å². The third-order valence-corrected chi connectivity index (χ3v) is 7.90. The fourth-order valence-corrected chi connectivity index (χ4v) is 5.51. The highest BCUT2D eigenvalue weighted by Crippen LogP contribution is 2.32. The number of nitrogens with one attached hydrogen (secondary N) is 1. The Labute approximate surface area is 222 Å². The van der Waals surface area contributed by atoms with Gasteiger partial charge >= 0.3 is 0 Å². The monoisotopic (exact) mass is 523 g/mol. The first-order valence-corrected chi connectivity index (χ1v) is 13.6. The SMILES string of the molecule is CC(C)n1c(CN2CCC(C)(C)CC2)cc(=O)c2ccc(-c3nc(N[C@@H]4CCOC[C@H]4O)ncc3F)cc21. The van der Waals surface area contributed by atoms with Gasteiger partial charge in [-0.25, -0.2) is 14.4 Å². The summed E-state index contributed by atoms with van der Waals surface area (Å²) in [5, 5.41) is 13.9. The van der Waals surface area contributed by atoms with Crippen LogP contribution >= 0.6 is 0 Å². The van der Waals surface area contributed by atoms with Crippen molar-refractivity contribution >= 4 is 16.9 Å². The van der Waals surface area contributed by atoms with Crippen molar-refractivity contribution in [2.24, 2.45) is 5.41 Å². The highest BCUT2D eigenvalue weighted by Gasteiger charge is 2.27. The molecular weight excluding hydrogens is 485 g/mol. The lowest BCUT2D eigenvalue weighted by atomic mass is 9.82. The van der Waals surface area contributed by atoms with Gasteiger partial charge in [-0.05, 0) is 63.7 Å². The van der Waals surface area contributed by atoms with Crippen LogP contribution in [-0.2, 0) is 11.3 Å². The molecule has 0 amide bonds. The van der Waals surface area contributed by atoms with Crippen molar-refractivity contribution in [3.05, 3.63) is 52.2 Å². The zero-order valence-electron chi connectivity index (χ0n) is 22.7. The number of rotatable bonds is 6. The first-order valence-electron chi connectivity index (χ1n) is 13.6. The Hall–Kier alpha value is -2.88. The van der Waals surface area contributed by atoms with E-state index < -0.39 is 11.9 Å². The van der Waals surface area contributed by atoms with Gasteiger partial charge in [0.15, 0.2) is 11.2 Å². The van der Waals surface area contributed by atoms with E-state index in [1.54, 1.807) is 18.2 Å². The number of aliphatic hydroxyl groups is 1. The van der Waals surface area contributed by atoms with E-state index >= 15 is 4.39 Å². The van der Waals surface area contributed by atoms with E-state index in [9.17, 15) is 9.90 Å². The normalized spacial score (nSPS) is 22.2. The van der Waals surface area contributed by atoms with E-state index in [1.165, 1.54) is 0 Å². The minimum absolute atomic E-state index is 0.0326. The molecule has 0 unspecified atom stereocenters. The van der Waals surface area contributed by atoms with E-state index in [1.807, 2.05) is 6.07 Å². The van der Waals surface area contributed by atoms with Crippen LogP contribution in [0.2, 0.25) is 0 Å². The fraction of sp³-hybridized carbons (Fsp3) is 0.552. The third-order valence-electron chi connectivity index (χ3n) is 7.90. The number of aromatic nitrogens is 3. The second-order valence-electron chi connectivity index (χ2n) is 11.7. The third kappa shape index (κ3) is 5.60. The van der Waals surface area contributed by atoms with E-state index in [2.05, 4.69) is 52.4 Å². The number of aliphatic hydroxyl groups excluding tert-OH is 1. The van der Waals surface area contributed by atoms with Gasteiger partial charge in [0.25, 0.3) is 0 Å². The molecule has 2 N–H and O–H groups in total. The van der Waals surface area contributed by atoms with Crippen LogP contribution in [0.15, 0.2) is 35.3 Å². The van der Waals surface area contributed by atoms with Gasteiger partial charge in [-0.15, -0.1) is 0 Å². The number of likely N-dealkylation sites (tertiary alicyclic amines) is 1. The van der Waals surface area contributed by atoms with Crippen molar-refractivity contribution in [1.82, 2.24) is 19.4 Å². The molecule has 9 heteroatoms. The zero-order chi connectivity index (χ0) is 27.0. The van der Waals surface area contributed by atoms with Gasteiger partial charge in [-0.2, -0.15) is 0 Å². The molecular formula is C29H38FN5O3. The van der Waals surface area contributed by atoms with Crippen LogP contribution in [-0.4, -0.2) is 63.0 Å². The van der Waals surface area contributed by atoms with Crippen LogP contribution in [0.3, 0.4) is 0 Å². The second-order valence-corrected chi connectivity index (χ2v) is 11.7. The van der Waals surface area contributed by atoms with Crippen LogP contribution < -0.4 is 10.7 Å². The summed E-state index contributed by atoms with van der Waals surface area (Å²) in [5.41, 5.74) is 2.77. The highest BCUT2D eigenvalue weighted by atomic mass is 19.1. The molecule has 5 rings (SSSR count). The summed E-state index contributed by atoms with van der Waals surface area (Å²) < 4.78 is 22.5. The number of piperidine rings is 1. The van der Waals surface area contributed by atoms with E-state index in [0.717, 1.165) is 43.3 Å². The smallest absolute Gasteiger partial charge is 0.223 e. The molecule has 2 aliphatic heterocycles. The summed E-state index contributed by atoms with van der Waals surface area (Å²) in [6.45, 7) is 12.3. The lowest BCUT2D eigenvalue weighted by Crippen LogP contribution is -2.42. The van der Waals surface area contributed by atoms with Gasteiger partial charge in [0.2, 0.25) is 5.95 Å². The molecule has 2 aromatic heterocycles. The molecule has 3 aromatic rings. The number of nitrogens with zero attached hydrogens (tertiary/aromatic N) is 4. The summed E-state index contributed by atoms with van der Waals surface area (Å²) in [5.74, 6) is -0.302. The van der Waals surface area contributed by atoms with Crippen LogP contribution in [0, 0.1) is 11.2 Å². The molecule has 0 radical (unpaired) electrons. The van der Waals surface area contributed by atoms with Crippen molar-refractivity contribution in [2.45, 2.75) is 71.7 Å². The molecule has 38 heavy (non-hydrogen) atoms. The van der Waals surface area contributed by atoms with Gasteiger partial charge in [0.05, 0.1) is 30.5 Å². The molecule has 2 fully saturated rings. The molecule has 204 valence electrons. The summed E-state index contributed by atoms with van der Waals surface area (Å²) in [6.07, 6.45) is 3.32. The molecule has 4 heterocycles.